The minimum Gasteiger partial charge on any atom is -0.496 e. The largest absolute Gasteiger partial charge is 0.496 e. The maximum Gasteiger partial charge on any atom is 0.328 e. The first-order chi connectivity index (χ1) is 14.8. The van der Waals surface area contributed by atoms with Gasteiger partial charge in [-0.1, -0.05) is 30.3 Å². The molecule has 0 heterocycles. The quantitative estimate of drug-likeness (QED) is 0.616. The number of carbonyl (C=O) groups excluding carboxylic acids is 2. The average molecular weight is 424 g/mol. The molecule has 1 atom stereocenters. The third-order valence-corrected chi connectivity index (χ3v) is 5.53. The van der Waals surface area contributed by atoms with Crippen LogP contribution in [0.2, 0.25) is 0 Å². The van der Waals surface area contributed by atoms with E-state index in [4.69, 9.17) is 14.2 Å². The third kappa shape index (κ3) is 4.58. The first-order valence-corrected chi connectivity index (χ1v) is 10.3. The van der Waals surface area contributed by atoms with Crippen molar-refractivity contribution in [3.8, 4) is 22.6 Å². The second-order valence-electron chi connectivity index (χ2n) is 7.94. The summed E-state index contributed by atoms with van der Waals surface area (Å²) in [6.07, 6.45) is 1.88. The number of methoxy groups -OCH3 is 2. The number of benzene rings is 2. The highest BCUT2D eigenvalue weighted by Crippen LogP contribution is 2.40. The minimum absolute atomic E-state index is 0.0353. The molecule has 0 saturated carbocycles. The Balaban J connectivity index is 1.95. The van der Waals surface area contributed by atoms with Gasteiger partial charge in [0.2, 0.25) is 0 Å². The van der Waals surface area contributed by atoms with Crippen molar-refractivity contribution < 1.29 is 23.8 Å². The van der Waals surface area contributed by atoms with Crippen LogP contribution in [0.3, 0.4) is 0 Å². The van der Waals surface area contributed by atoms with E-state index in [-0.39, 0.29) is 18.4 Å². The molecular weight excluding hydrogens is 394 g/mol. The summed E-state index contributed by atoms with van der Waals surface area (Å²) >= 11 is 0. The number of carbonyl (C=O) groups is 2. The van der Waals surface area contributed by atoms with Gasteiger partial charge in [0.15, 0.2) is 5.78 Å². The lowest BCUT2D eigenvalue weighted by Crippen LogP contribution is -2.48. The number of rotatable bonds is 9. The summed E-state index contributed by atoms with van der Waals surface area (Å²) in [4.78, 5) is 24.5. The number of ketones is 1. The monoisotopic (exact) mass is 423 g/mol. The molecule has 6 nitrogen and oxygen atoms in total. The molecule has 2 aromatic rings. The first-order valence-electron chi connectivity index (χ1n) is 10.3. The van der Waals surface area contributed by atoms with Crippen molar-refractivity contribution in [3.63, 3.8) is 0 Å². The van der Waals surface area contributed by atoms with Crippen molar-refractivity contribution in [3.05, 3.63) is 59.8 Å². The van der Waals surface area contributed by atoms with Gasteiger partial charge in [0.05, 0.1) is 31.8 Å². The minimum atomic E-state index is -0.643. The van der Waals surface area contributed by atoms with E-state index in [9.17, 15) is 9.59 Å². The van der Waals surface area contributed by atoms with Crippen LogP contribution in [0, 0.1) is 5.41 Å². The Morgan fingerprint density at radius 3 is 2.16 bits per heavy atom. The standard InChI is InChI=1S/C25H29NO5/c1-6-31-24(28)18(26-21-15-22(27)25(21,2)3)12-16-13-19(29-4)23(20(14-16)30-5)17-10-8-7-9-11-17/h7-11,13-15,18,26H,6,12H2,1-5H3/t18-/m0/s1. The van der Waals surface area contributed by atoms with Gasteiger partial charge in [0.25, 0.3) is 0 Å². The highest BCUT2D eigenvalue weighted by Gasteiger charge is 2.41. The van der Waals surface area contributed by atoms with Crippen molar-refractivity contribution in [1.82, 2.24) is 5.32 Å². The Morgan fingerprint density at radius 1 is 1.06 bits per heavy atom. The summed E-state index contributed by atoms with van der Waals surface area (Å²) in [7, 11) is 3.22. The van der Waals surface area contributed by atoms with Crippen LogP contribution >= 0.6 is 0 Å². The molecule has 0 radical (unpaired) electrons. The predicted octanol–water partition coefficient (Wildman–Crippen LogP) is 3.93. The molecule has 164 valence electrons. The third-order valence-electron chi connectivity index (χ3n) is 5.53. The number of hydrogen-bond acceptors (Lipinski definition) is 6. The van der Waals surface area contributed by atoms with Gasteiger partial charge >= 0.3 is 5.97 Å². The normalized spacial score (nSPS) is 15.4. The molecule has 0 amide bonds. The van der Waals surface area contributed by atoms with E-state index < -0.39 is 11.5 Å². The molecule has 1 aliphatic carbocycles. The van der Waals surface area contributed by atoms with Gasteiger partial charge in [-0.3, -0.25) is 4.79 Å². The molecule has 0 aromatic heterocycles. The van der Waals surface area contributed by atoms with E-state index in [0.717, 1.165) is 22.4 Å². The number of esters is 1. The zero-order valence-electron chi connectivity index (χ0n) is 18.7. The number of hydrogen-bond donors (Lipinski definition) is 1. The molecule has 0 aliphatic heterocycles. The van der Waals surface area contributed by atoms with Crippen molar-refractivity contribution in [2.75, 3.05) is 20.8 Å². The van der Waals surface area contributed by atoms with Gasteiger partial charge < -0.3 is 19.5 Å². The van der Waals surface area contributed by atoms with Crippen molar-refractivity contribution in [1.29, 1.82) is 0 Å². The molecule has 31 heavy (non-hydrogen) atoms. The zero-order valence-corrected chi connectivity index (χ0v) is 18.7. The molecule has 0 saturated heterocycles. The summed E-state index contributed by atoms with van der Waals surface area (Å²) in [6, 6.07) is 13.0. The highest BCUT2D eigenvalue weighted by atomic mass is 16.5. The fourth-order valence-corrected chi connectivity index (χ4v) is 3.60. The number of nitrogens with one attached hydrogen (secondary N) is 1. The number of allylic oxidation sites excluding steroid dienone is 2. The van der Waals surface area contributed by atoms with E-state index in [0.29, 0.717) is 17.9 Å². The Kier molecular flexibility index (Phi) is 6.68. The fraction of sp³-hybridized carbons (Fsp3) is 0.360. The Hall–Kier alpha value is -3.28. The van der Waals surface area contributed by atoms with Crippen molar-refractivity contribution >= 4 is 11.8 Å². The Morgan fingerprint density at radius 2 is 1.68 bits per heavy atom. The van der Waals surface area contributed by atoms with Crippen LogP contribution in [0.4, 0.5) is 0 Å². The summed E-state index contributed by atoms with van der Waals surface area (Å²) in [6.45, 7) is 5.71. The maximum atomic E-state index is 12.7. The fourth-order valence-electron chi connectivity index (χ4n) is 3.60. The second kappa shape index (κ2) is 9.25. The van der Waals surface area contributed by atoms with Crippen LogP contribution in [0.25, 0.3) is 11.1 Å². The van der Waals surface area contributed by atoms with Crippen LogP contribution in [-0.4, -0.2) is 38.6 Å². The average Bonchev–Trinajstić information content (AvgIpc) is 2.78. The van der Waals surface area contributed by atoms with Crippen LogP contribution in [0.1, 0.15) is 26.3 Å². The van der Waals surface area contributed by atoms with Gasteiger partial charge in [-0.05, 0) is 44.0 Å². The second-order valence-corrected chi connectivity index (χ2v) is 7.94. The maximum absolute atomic E-state index is 12.7. The summed E-state index contributed by atoms with van der Waals surface area (Å²) in [5.74, 6) is 0.972. The van der Waals surface area contributed by atoms with Gasteiger partial charge in [-0.15, -0.1) is 0 Å². The lowest BCUT2D eigenvalue weighted by molar-refractivity contribution is -0.145. The SMILES string of the molecule is CCOC(=O)[C@H](Cc1cc(OC)c(-c2ccccc2)c(OC)c1)NC1=CC(=O)C1(C)C. The lowest BCUT2D eigenvalue weighted by Gasteiger charge is -2.36. The van der Waals surface area contributed by atoms with E-state index in [1.807, 2.05) is 56.3 Å². The van der Waals surface area contributed by atoms with Gasteiger partial charge in [-0.2, -0.15) is 0 Å². The Bertz CT molecular complexity index is 969. The van der Waals surface area contributed by atoms with Crippen LogP contribution in [0.15, 0.2) is 54.2 Å². The van der Waals surface area contributed by atoms with Crippen LogP contribution in [0.5, 0.6) is 11.5 Å². The molecule has 3 rings (SSSR count). The lowest BCUT2D eigenvalue weighted by atomic mass is 9.74. The molecule has 0 unspecified atom stereocenters. The van der Waals surface area contributed by atoms with E-state index in [1.54, 1.807) is 21.1 Å². The van der Waals surface area contributed by atoms with E-state index in [2.05, 4.69) is 5.32 Å². The smallest absolute Gasteiger partial charge is 0.328 e. The molecule has 0 spiro atoms. The molecule has 6 heteroatoms. The Labute approximate surface area is 183 Å². The molecule has 0 bridgehead atoms. The topological polar surface area (TPSA) is 73.9 Å². The zero-order chi connectivity index (χ0) is 22.6. The molecule has 1 N–H and O–H groups in total. The molecule has 0 fully saturated rings. The molecule has 1 aliphatic rings. The summed E-state index contributed by atoms with van der Waals surface area (Å²) in [5.41, 5.74) is 2.78. The van der Waals surface area contributed by atoms with Crippen LogP contribution in [-0.2, 0) is 20.7 Å². The molecular formula is C25H29NO5. The van der Waals surface area contributed by atoms with E-state index in [1.165, 1.54) is 6.08 Å². The predicted molar refractivity (Wildman–Crippen MR) is 119 cm³/mol. The van der Waals surface area contributed by atoms with Gasteiger partial charge in [-0.25, -0.2) is 4.79 Å². The van der Waals surface area contributed by atoms with Gasteiger partial charge in [0, 0.05) is 18.2 Å². The first kappa shape index (κ1) is 22.4. The van der Waals surface area contributed by atoms with Crippen LogP contribution < -0.4 is 14.8 Å². The molecule has 2 aromatic carbocycles. The van der Waals surface area contributed by atoms with Crippen molar-refractivity contribution in [2.24, 2.45) is 5.41 Å². The number of ether oxygens (including phenoxy) is 3. The van der Waals surface area contributed by atoms with E-state index >= 15 is 0 Å². The van der Waals surface area contributed by atoms with Gasteiger partial charge in [0.1, 0.15) is 17.5 Å². The summed E-state index contributed by atoms with van der Waals surface area (Å²) in [5, 5.41) is 3.21. The van der Waals surface area contributed by atoms with Crippen molar-refractivity contribution in [2.45, 2.75) is 33.2 Å². The summed E-state index contributed by atoms with van der Waals surface area (Å²) < 4.78 is 16.6. The highest BCUT2D eigenvalue weighted by molar-refractivity contribution is 6.04.